The standard InChI is InChI=1S/C82H52N4Si/c1-5-25-53(26-6-1)65-49-57(50-66(83-65)54-27-7-2-8-28-54)59-37-21-45-75-79(59)80-60(58-51-67(55-29-9-3-10-30-55)84-68(52-58)56-31-11-4-12-32-56)38-22-46-76(80)87(75)77-47-23-43-73(85-69-39-17-13-33-61(69)62-34-14-18-40-70(62)85)81(77)82-74(44-24-48-78(82)87)86-71-41-19-15-35-63(71)64-36-16-20-42-72(64)86/h1-52H. The summed E-state index contributed by atoms with van der Waals surface area (Å²) in [5.41, 5.74) is 24.8. The van der Waals surface area contributed by atoms with Crippen molar-refractivity contribution in [2.75, 3.05) is 0 Å². The fourth-order valence-corrected chi connectivity index (χ4v) is 20.6. The summed E-state index contributed by atoms with van der Waals surface area (Å²) in [5, 5.41) is 10.5. The number of hydrogen-bond acceptors (Lipinski definition) is 2. The number of pyridine rings is 2. The van der Waals surface area contributed by atoms with E-state index in [9.17, 15) is 0 Å². The first-order chi connectivity index (χ1) is 43.2. The third kappa shape index (κ3) is 7.30. The van der Waals surface area contributed by atoms with Crippen molar-refractivity contribution in [3.63, 3.8) is 0 Å². The molecule has 0 unspecified atom stereocenters. The van der Waals surface area contributed by atoms with Gasteiger partial charge in [-0.3, -0.25) is 0 Å². The van der Waals surface area contributed by atoms with Crippen LogP contribution in [0.15, 0.2) is 315 Å². The Hall–Kier alpha value is -11.2. The van der Waals surface area contributed by atoms with Crippen LogP contribution >= 0.6 is 0 Å². The van der Waals surface area contributed by atoms with E-state index >= 15 is 0 Å². The van der Waals surface area contributed by atoms with Crippen LogP contribution in [0.25, 0.3) is 145 Å². The first-order valence-corrected chi connectivity index (χ1v) is 32.0. The zero-order chi connectivity index (χ0) is 57.2. The Morgan fingerprint density at radius 1 is 0.218 bits per heavy atom. The summed E-state index contributed by atoms with van der Waals surface area (Å²) < 4.78 is 5.13. The summed E-state index contributed by atoms with van der Waals surface area (Å²) in [4.78, 5) is 10.9. The van der Waals surface area contributed by atoms with Crippen LogP contribution in [-0.2, 0) is 0 Å². The van der Waals surface area contributed by atoms with Crippen LogP contribution in [0.5, 0.6) is 0 Å². The molecule has 16 aromatic rings. The zero-order valence-electron chi connectivity index (χ0n) is 47.3. The number of hydrogen-bond donors (Lipinski definition) is 0. The Bertz CT molecular complexity index is 4890. The Morgan fingerprint density at radius 2 is 0.483 bits per heavy atom. The highest BCUT2D eigenvalue weighted by atomic mass is 28.3. The summed E-state index contributed by atoms with van der Waals surface area (Å²) in [5.74, 6) is 0. The van der Waals surface area contributed by atoms with Crippen molar-refractivity contribution in [1.29, 1.82) is 0 Å². The molecule has 404 valence electrons. The fourth-order valence-electron chi connectivity index (χ4n) is 15.0. The maximum atomic E-state index is 5.46. The van der Waals surface area contributed by atoms with Gasteiger partial charge >= 0.3 is 0 Å². The normalized spacial score (nSPS) is 12.7. The molecule has 1 spiro atoms. The minimum absolute atomic E-state index is 0.931. The molecule has 12 aromatic carbocycles. The van der Waals surface area contributed by atoms with E-state index in [1.165, 1.54) is 109 Å². The molecular formula is C82H52N4Si. The lowest BCUT2D eigenvalue weighted by Gasteiger charge is -2.28. The molecule has 5 heteroatoms. The van der Waals surface area contributed by atoms with Crippen molar-refractivity contribution in [3.05, 3.63) is 315 Å². The Kier molecular flexibility index (Phi) is 11.0. The molecule has 0 saturated heterocycles. The number of aromatic nitrogens is 4. The van der Waals surface area contributed by atoms with Crippen molar-refractivity contribution in [1.82, 2.24) is 19.1 Å². The van der Waals surface area contributed by atoms with E-state index in [1.54, 1.807) is 0 Å². The van der Waals surface area contributed by atoms with Crippen molar-refractivity contribution in [3.8, 4) is 101 Å². The highest BCUT2D eigenvalue weighted by Crippen LogP contribution is 2.49. The second-order valence-electron chi connectivity index (χ2n) is 23.1. The van der Waals surface area contributed by atoms with E-state index in [2.05, 4.69) is 325 Å². The summed E-state index contributed by atoms with van der Waals surface area (Å²) in [6.45, 7) is 0. The fraction of sp³-hybridized carbons (Fsp3) is 0. The number of nitrogens with zero attached hydrogens (tertiary/aromatic N) is 4. The van der Waals surface area contributed by atoms with E-state index in [1.807, 2.05) is 0 Å². The lowest BCUT2D eigenvalue weighted by atomic mass is 9.88. The molecule has 0 N–H and O–H groups in total. The highest BCUT2D eigenvalue weighted by molar-refractivity contribution is 7.24. The predicted octanol–water partition coefficient (Wildman–Crippen LogP) is 18.0. The molecule has 87 heavy (non-hydrogen) atoms. The molecule has 0 amide bonds. The average molecular weight is 1120 g/mol. The van der Waals surface area contributed by atoms with Crippen LogP contribution in [0.1, 0.15) is 0 Å². The SMILES string of the molecule is c1ccc(-c2cc(-c3cccc4c3-c3c(-c5cc(-c6ccccc6)nc(-c6ccccc6)c5)cccc3[Si]43c4cccc(-n5c6ccccc6c6ccccc65)c4-c4c(-n5c6ccccc6c6ccccc65)cccc43)cc(-c3ccccc3)n2)cc1. The molecule has 2 aliphatic heterocycles. The predicted molar refractivity (Wildman–Crippen MR) is 365 cm³/mol. The Morgan fingerprint density at radius 3 is 0.793 bits per heavy atom. The van der Waals surface area contributed by atoms with Gasteiger partial charge in [0.1, 0.15) is 0 Å². The molecule has 0 radical (unpaired) electrons. The molecule has 0 bridgehead atoms. The van der Waals surface area contributed by atoms with Gasteiger partial charge in [-0.15, -0.1) is 0 Å². The molecule has 0 aliphatic carbocycles. The minimum atomic E-state index is -3.41. The second kappa shape index (κ2) is 19.4. The van der Waals surface area contributed by atoms with Crippen LogP contribution in [0.3, 0.4) is 0 Å². The maximum absolute atomic E-state index is 5.46. The smallest absolute Gasteiger partial charge is 0.182 e. The maximum Gasteiger partial charge on any atom is 0.182 e. The number of benzene rings is 12. The molecule has 0 fully saturated rings. The zero-order valence-corrected chi connectivity index (χ0v) is 48.3. The van der Waals surface area contributed by atoms with Gasteiger partial charge in [-0.1, -0.05) is 255 Å². The molecule has 0 saturated carbocycles. The number of para-hydroxylation sites is 4. The van der Waals surface area contributed by atoms with Gasteiger partial charge in [0.15, 0.2) is 8.07 Å². The van der Waals surface area contributed by atoms with Gasteiger partial charge in [-0.05, 0) is 115 Å². The van der Waals surface area contributed by atoms with Crippen LogP contribution in [0.2, 0.25) is 0 Å². The Labute approximate surface area is 504 Å². The van der Waals surface area contributed by atoms with Gasteiger partial charge in [-0.2, -0.15) is 0 Å². The molecule has 6 heterocycles. The first kappa shape index (κ1) is 49.2. The molecule has 18 rings (SSSR count). The topological polar surface area (TPSA) is 35.6 Å². The van der Waals surface area contributed by atoms with E-state index in [0.717, 1.165) is 56.2 Å². The number of fused-ring (bicyclic) bond motifs is 16. The summed E-state index contributed by atoms with van der Waals surface area (Å²) >= 11 is 0. The van der Waals surface area contributed by atoms with Crippen molar-refractivity contribution < 1.29 is 0 Å². The van der Waals surface area contributed by atoms with E-state index < -0.39 is 8.07 Å². The van der Waals surface area contributed by atoms with Gasteiger partial charge in [0.2, 0.25) is 0 Å². The van der Waals surface area contributed by atoms with E-state index in [4.69, 9.17) is 9.97 Å². The van der Waals surface area contributed by atoms with Crippen LogP contribution in [0.4, 0.5) is 0 Å². The van der Waals surface area contributed by atoms with Crippen LogP contribution in [-0.4, -0.2) is 27.2 Å². The monoisotopic (exact) mass is 1120 g/mol. The van der Waals surface area contributed by atoms with Gasteiger partial charge in [0.25, 0.3) is 0 Å². The minimum Gasteiger partial charge on any atom is -0.309 e. The highest BCUT2D eigenvalue weighted by Gasteiger charge is 2.56. The van der Waals surface area contributed by atoms with E-state index in [0.29, 0.717) is 0 Å². The number of rotatable bonds is 8. The molecule has 4 nitrogen and oxygen atoms in total. The largest absolute Gasteiger partial charge is 0.309 e. The summed E-state index contributed by atoms with van der Waals surface area (Å²) in [6, 6.07) is 117. The van der Waals surface area contributed by atoms with Gasteiger partial charge in [0, 0.05) is 54.9 Å². The van der Waals surface area contributed by atoms with Gasteiger partial charge in [0.05, 0.1) is 56.2 Å². The average Bonchev–Trinajstić information content (AvgIpc) is 1.52. The van der Waals surface area contributed by atoms with Gasteiger partial charge < -0.3 is 9.13 Å². The van der Waals surface area contributed by atoms with Crippen molar-refractivity contribution in [2.24, 2.45) is 0 Å². The van der Waals surface area contributed by atoms with Crippen molar-refractivity contribution >= 4 is 72.4 Å². The summed E-state index contributed by atoms with van der Waals surface area (Å²) in [6.07, 6.45) is 0. The third-order valence-corrected chi connectivity index (χ3v) is 23.4. The van der Waals surface area contributed by atoms with Crippen LogP contribution in [0, 0.1) is 0 Å². The Balaban J connectivity index is 1.01. The van der Waals surface area contributed by atoms with Crippen LogP contribution < -0.4 is 20.7 Å². The lowest BCUT2D eigenvalue weighted by molar-refractivity contribution is 1.17. The summed E-state index contributed by atoms with van der Waals surface area (Å²) in [7, 11) is -3.41. The quantitative estimate of drug-likeness (QED) is 0.142. The molecule has 0 atom stereocenters. The molecule has 4 aromatic heterocycles. The van der Waals surface area contributed by atoms with Crippen molar-refractivity contribution in [2.45, 2.75) is 0 Å². The lowest BCUT2D eigenvalue weighted by Crippen LogP contribution is -2.70. The third-order valence-electron chi connectivity index (χ3n) is 18.5. The first-order valence-electron chi connectivity index (χ1n) is 30.0. The van der Waals surface area contributed by atoms with E-state index in [-0.39, 0.29) is 0 Å². The second-order valence-corrected chi connectivity index (χ2v) is 26.7. The molecule has 2 aliphatic rings. The molecular weight excluding hydrogens is 1070 g/mol. The van der Waals surface area contributed by atoms with Gasteiger partial charge in [-0.25, -0.2) is 9.97 Å².